The summed E-state index contributed by atoms with van der Waals surface area (Å²) in [6.07, 6.45) is 2.38. The van der Waals surface area contributed by atoms with Crippen LogP contribution in [0.4, 0.5) is 5.82 Å². The number of benzene rings is 1. The van der Waals surface area contributed by atoms with Crippen LogP contribution in [-0.4, -0.2) is 17.1 Å². The second kappa shape index (κ2) is 4.81. The second-order valence-electron chi connectivity index (χ2n) is 4.66. The molecule has 3 rings (SSSR count). The van der Waals surface area contributed by atoms with E-state index in [-0.39, 0.29) is 0 Å². The number of hydrogen-bond acceptors (Lipinski definition) is 4. The van der Waals surface area contributed by atoms with Gasteiger partial charge in [-0.05, 0) is 31.0 Å². The minimum absolute atomic E-state index is 0.515. The number of hydrogen-bond donors (Lipinski definition) is 1. The predicted octanol–water partition coefficient (Wildman–Crippen LogP) is 3.37. The van der Waals surface area contributed by atoms with Crippen LogP contribution in [0.3, 0.4) is 0 Å². The molecular weight excluding hydrogens is 306 g/mol. The number of anilines is 1. The van der Waals surface area contributed by atoms with Crippen LogP contribution in [0.25, 0.3) is 11.4 Å². The van der Waals surface area contributed by atoms with Crippen LogP contribution in [-0.2, 0) is 0 Å². The highest BCUT2D eigenvalue weighted by molar-refractivity contribution is 9.10. The first kappa shape index (κ1) is 12.4. The van der Waals surface area contributed by atoms with E-state index >= 15 is 0 Å². The quantitative estimate of drug-likeness (QED) is 0.942. The molecule has 2 N–H and O–H groups in total. The maximum atomic E-state index is 5.89. The molecule has 0 saturated heterocycles. The van der Waals surface area contributed by atoms with Crippen LogP contribution in [0.5, 0.6) is 5.75 Å². The van der Waals surface area contributed by atoms with Gasteiger partial charge in [-0.1, -0.05) is 15.9 Å². The summed E-state index contributed by atoms with van der Waals surface area (Å²) < 4.78 is 6.18. The van der Waals surface area contributed by atoms with E-state index in [4.69, 9.17) is 10.5 Å². The Bertz CT molecular complexity index is 626. The predicted molar refractivity (Wildman–Crippen MR) is 78.1 cm³/mol. The Balaban J connectivity index is 2.10. The molecule has 1 heterocycles. The molecule has 1 aromatic carbocycles. The van der Waals surface area contributed by atoms with Gasteiger partial charge in [-0.25, -0.2) is 9.97 Å². The van der Waals surface area contributed by atoms with Crippen molar-refractivity contribution in [1.29, 1.82) is 0 Å². The Labute approximate surface area is 120 Å². The number of rotatable bonds is 3. The van der Waals surface area contributed by atoms with Crippen molar-refractivity contribution in [3.63, 3.8) is 0 Å². The first-order valence-corrected chi connectivity index (χ1v) is 6.95. The van der Waals surface area contributed by atoms with Gasteiger partial charge >= 0.3 is 0 Å². The normalized spacial score (nSPS) is 14.4. The minimum atomic E-state index is 0.515. The summed E-state index contributed by atoms with van der Waals surface area (Å²) in [6, 6.07) is 7.60. The van der Waals surface area contributed by atoms with Crippen LogP contribution in [0.2, 0.25) is 0 Å². The molecule has 19 heavy (non-hydrogen) atoms. The monoisotopic (exact) mass is 319 g/mol. The fraction of sp³-hybridized carbons (Fsp3) is 0.286. The number of methoxy groups -OCH3 is 1. The zero-order valence-electron chi connectivity index (χ0n) is 10.6. The van der Waals surface area contributed by atoms with Crippen molar-refractivity contribution in [3.05, 3.63) is 34.4 Å². The van der Waals surface area contributed by atoms with Gasteiger partial charge in [0, 0.05) is 27.7 Å². The molecule has 0 bridgehead atoms. The Hall–Kier alpha value is -1.62. The van der Waals surface area contributed by atoms with E-state index in [2.05, 4.69) is 25.9 Å². The Morgan fingerprint density at radius 3 is 2.74 bits per heavy atom. The fourth-order valence-electron chi connectivity index (χ4n) is 2.00. The summed E-state index contributed by atoms with van der Waals surface area (Å²) in [6.45, 7) is 0. The third-order valence-electron chi connectivity index (χ3n) is 3.18. The van der Waals surface area contributed by atoms with Crippen molar-refractivity contribution in [2.75, 3.05) is 12.8 Å². The molecule has 2 aromatic rings. The topological polar surface area (TPSA) is 61.0 Å². The summed E-state index contributed by atoms with van der Waals surface area (Å²) in [5.41, 5.74) is 7.82. The average molecular weight is 320 g/mol. The number of aromatic nitrogens is 2. The molecule has 1 aliphatic rings. The van der Waals surface area contributed by atoms with Gasteiger partial charge in [0.2, 0.25) is 0 Å². The number of halogens is 1. The minimum Gasteiger partial charge on any atom is -0.497 e. The molecule has 0 radical (unpaired) electrons. The van der Waals surface area contributed by atoms with Crippen LogP contribution < -0.4 is 10.5 Å². The lowest BCUT2D eigenvalue weighted by atomic mass is 10.2. The second-order valence-corrected chi connectivity index (χ2v) is 5.52. The molecule has 1 aliphatic carbocycles. The Morgan fingerprint density at radius 2 is 2.05 bits per heavy atom. The summed E-state index contributed by atoms with van der Waals surface area (Å²) in [4.78, 5) is 8.96. The summed E-state index contributed by atoms with van der Waals surface area (Å²) in [7, 11) is 1.64. The fourth-order valence-corrected chi connectivity index (χ4v) is 2.42. The van der Waals surface area contributed by atoms with Crippen LogP contribution in [0.15, 0.2) is 28.7 Å². The van der Waals surface area contributed by atoms with E-state index in [0.29, 0.717) is 17.6 Å². The summed E-state index contributed by atoms with van der Waals surface area (Å²) in [5.74, 6) is 2.49. The van der Waals surface area contributed by atoms with Crippen LogP contribution >= 0.6 is 15.9 Å². The van der Waals surface area contributed by atoms with Gasteiger partial charge in [0.25, 0.3) is 0 Å². The lowest BCUT2D eigenvalue weighted by Gasteiger charge is -2.08. The van der Waals surface area contributed by atoms with Gasteiger partial charge in [0.1, 0.15) is 11.6 Å². The highest BCUT2D eigenvalue weighted by Crippen LogP contribution is 2.40. The molecule has 0 spiro atoms. The van der Waals surface area contributed by atoms with Gasteiger partial charge < -0.3 is 10.5 Å². The van der Waals surface area contributed by atoms with Crippen molar-refractivity contribution in [3.8, 4) is 17.1 Å². The van der Waals surface area contributed by atoms with Gasteiger partial charge in [0.05, 0.1) is 7.11 Å². The maximum Gasteiger partial charge on any atom is 0.163 e. The molecule has 0 atom stereocenters. The van der Waals surface area contributed by atoms with E-state index in [1.165, 1.54) is 12.8 Å². The third-order valence-corrected chi connectivity index (χ3v) is 3.87. The average Bonchev–Trinajstić information content (AvgIpc) is 3.23. The maximum absolute atomic E-state index is 5.89. The van der Waals surface area contributed by atoms with Crippen molar-refractivity contribution in [2.45, 2.75) is 18.8 Å². The Morgan fingerprint density at radius 1 is 1.26 bits per heavy atom. The van der Waals surface area contributed by atoms with E-state index < -0.39 is 0 Å². The van der Waals surface area contributed by atoms with Crippen LogP contribution in [0, 0.1) is 0 Å². The smallest absolute Gasteiger partial charge is 0.163 e. The number of nitrogens with two attached hydrogens (primary N) is 1. The standard InChI is InChI=1S/C14H14BrN3O/c1-19-9-4-5-11(15)10(6-9)14-17-12(8-2-3-8)7-13(16)18-14/h4-8H,2-3H2,1H3,(H2,16,17,18). The first-order valence-electron chi connectivity index (χ1n) is 6.16. The molecular formula is C14H14BrN3O. The van der Waals surface area contributed by atoms with Gasteiger partial charge in [-0.15, -0.1) is 0 Å². The molecule has 1 aromatic heterocycles. The highest BCUT2D eigenvalue weighted by Gasteiger charge is 2.26. The first-order chi connectivity index (χ1) is 9.17. The summed E-state index contributed by atoms with van der Waals surface area (Å²) in [5, 5.41) is 0. The van der Waals surface area contributed by atoms with E-state index in [1.807, 2.05) is 24.3 Å². The molecule has 1 fully saturated rings. The zero-order chi connectivity index (χ0) is 13.4. The van der Waals surface area contributed by atoms with E-state index in [0.717, 1.165) is 21.5 Å². The van der Waals surface area contributed by atoms with E-state index in [9.17, 15) is 0 Å². The highest BCUT2D eigenvalue weighted by atomic mass is 79.9. The summed E-state index contributed by atoms with van der Waals surface area (Å²) >= 11 is 3.52. The van der Waals surface area contributed by atoms with Crippen molar-refractivity contribution < 1.29 is 4.74 Å². The third kappa shape index (κ3) is 2.56. The van der Waals surface area contributed by atoms with Crippen molar-refractivity contribution >= 4 is 21.7 Å². The van der Waals surface area contributed by atoms with Crippen molar-refractivity contribution in [2.24, 2.45) is 0 Å². The molecule has 5 heteroatoms. The number of ether oxygens (including phenoxy) is 1. The lowest BCUT2D eigenvalue weighted by Crippen LogP contribution is -2.00. The van der Waals surface area contributed by atoms with Crippen molar-refractivity contribution in [1.82, 2.24) is 9.97 Å². The van der Waals surface area contributed by atoms with Gasteiger partial charge in [-0.2, -0.15) is 0 Å². The van der Waals surface area contributed by atoms with E-state index in [1.54, 1.807) is 7.11 Å². The van der Waals surface area contributed by atoms with Gasteiger partial charge in [-0.3, -0.25) is 0 Å². The SMILES string of the molecule is COc1ccc(Br)c(-c2nc(N)cc(C3CC3)n2)c1. The largest absolute Gasteiger partial charge is 0.497 e. The van der Waals surface area contributed by atoms with Gasteiger partial charge in [0.15, 0.2) is 5.82 Å². The van der Waals surface area contributed by atoms with Crippen LogP contribution in [0.1, 0.15) is 24.5 Å². The number of nitrogen functional groups attached to an aromatic ring is 1. The molecule has 4 nitrogen and oxygen atoms in total. The Kier molecular flexibility index (Phi) is 3.14. The zero-order valence-corrected chi connectivity index (χ0v) is 12.1. The number of nitrogens with zero attached hydrogens (tertiary/aromatic N) is 2. The molecule has 0 amide bonds. The molecule has 0 aliphatic heterocycles. The molecule has 0 unspecified atom stereocenters. The molecule has 1 saturated carbocycles. The molecule has 98 valence electrons. The lowest BCUT2D eigenvalue weighted by molar-refractivity contribution is 0.415.